The molecular formula is C37H59N9O11. The summed E-state index contributed by atoms with van der Waals surface area (Å²) in [6.45, 7) is 4.44. The van der Waals surface area contributed by atoms with E-state index in [0.717, 1.165) is 0 Å². The van der Waals surface area contributed by atoms with Crippen molar-refractivity contribution in [1.29, 1.82) is 0 Å². The van der Waals surface area contributed by atoms with Crippen molar-refractivity contribution in [3.05, 3.63) is 35.9 Å². The maximum Gasteiger partial charge on any atom is 0.326 e. The summed E-state index contributed by atoms with van der Waals surface area (Å²) in [4.78, 5) is 106. The van der Waals surface area contributed by atoms with Crippen molar-refractivity contribution >= 4 is 47.3 Å². The molecule has 0 saturated carbocycles. The van der Waals surface area contributed by atoms with E-state index in [-0.39, 0.29) is 38.1 Å². The molecular weight excluding hydrogens is 746 g/mol. The third-order valence-corrected chi connectivity index (χ3v) is 9.27. The minimum absolute atomic E-state index is 0.0701. The van der Waals surface area contributed by atoms with Crippen LogP contribution in [0, 0.1) is 5.92 Å². The molecule has 1 fully saturated rings. The summed E-state index contributed by atoms with van der Waals surface area (Å²) < 4.78 is 0. The fraction of sp³-hybridized carbons (Fsp3) is 0.622. The number of carboxylic acids is 1. The van der Waals surface area contributed by atoms with Gasteiger partial charge in [-0.3, -0.25) is 33.6 Å². The molecule has 1 aliphatic heterocycles. The molecule has 1 aromatic rings. The number of aliphatic carboxylic acids is 1. The number of aliphatic hydroxyl groups is 2. The van der Waals surface area contributed by atoms with Crippen LogP contribution in [-0.4, -0.2) is 136 Å². The number of rotatable bonds is 24. The Hall–Kier alpha value is -5.18. The standard InChI is InChI=1S/C37H59N9O11/c1-20(2)16-27(37(56)57)44-35(54)30(21(3)48)45-34(53)28-13-9-15-46(28)36(55)26(17-22-10-5-4-6-11-22)43-33(52)25(18-29(40)49)42-32(51)24(12-7-8-14-38)41-31(50)23(39)19-47/h4-6,10-11,20-21,23-28,30,47-48H,7-9,12-19,38-39H2,1-3H3,(H2,40,49)(H,41,50)(H,42,51)(H,43,52)(H,44,54)(H,45,53)(H,56,57)/t21-,23+,24+,25+,26+,27+,28+,30+/m1/s1. The molecule has 0 aliphatic carbocycles. The fourth-order valence-corrected chi connectivity index (χ4v) is 6.24. The largest absolute Gasteiger partial charge is 0.480 e. The normalized spacial score (nSPS) is 17.5. The van der Waals surface area contributed by atoms with Crippen LogP contribution in [0.1, 0.15) is 71.3 Å². The summed E-state index contributed by atoms with van der Waals surface area (Å²) >= 11 is 0. The van der Waals surface area contributed by atoms with Crippen molar-refractivity contribution in [3.8, 4) is 0 Å². The van der Waals surface area contributed by atoms with Gasteiger partial charge in [0, 0.05) is 13.0 Å². The van der Waals surface area contributed by atoms with Crippen LogP contribution in [0.5, 0.6) is 0 Å². The zero-order valence-electron chi connectivity index (χ0n) is 32.6. The molecule has 0 unspecified atom stereocenters. The van der Waals surface area contributed by atoms with Crippen LogP contribution in [0.3, 0.4) is 0 Å². The number of carbonyl (C=O) groups is 8. The quantitative estimate of drug-likeness (QED) is 0.0452. The molecule has 318 valence electrons. The molecule has 20 nitrogen and oxygen atoms in total. The van der Waals surface area contributed by atoms with Crippen LogP contribution in [0.4, 0.5) is 0 Å². The Morgan fingerprint density at radius 2 is 1.42 bits per heavy atom. The SMILES string of the molecule is CC(C)C[C@H](NC(=O)[C@@H](NC(=O)[C@@H]1CCCN1C(=O)[C@H](Cc1ccccc1)NC(=O)[C@H](CC(N)=O)NC(=O)[C@H](CCCCN)NC(=O)[C@@H](N)CO)[C@@H](C)O)C(=O)O. The van der Waals surface area contributed by atoms with Gasteiger partial charge < -0.3 is 64.0 Å². The van der Waals surface area contributed by atoms with E-state index in [1.807, 2.05) is 0 Å². The van der Waals surface area contributed by atoms with E-state index in [1.54, 1.807) is 44.2 Å². The van der Waals surface area contributed by atoms with Gasteiger partial charge >= 0.3 is 5.97 Å². The predicted octanol–water partition coefficient (Wildman–Crippen LogP) is -3.52. The Balaban J connectivity index is 2.37. The first kappa shape index (κ1) is 48.0. The van der Waals surface area contributed by atoms with Gasteiger partial charge in [0.15, 0.2) is 0 Å². The van der Waals surface area contributed by atoms with Crippen molar-refractivity contribution in [2.45, 2.75) is 121 Å². The lowest BCUT2D eigenvalue weighted by Gasteiger charge is -2.31. The second-order valence-electron chi connectivity index (χ2n) is 14.6. The van der Waals surface area contributed by atoms with E-state index in [9.17, 15) is 53.7 Å². The number of hydrogen-bond donors (Lipinski definition) is 11. The van der Waals surface area contributed by atoms with Crippen LogP contribution in [-0.2, 0) is 44.8 Å². The summed E-state index contributed by atoms with van der Waals surface area (Å²) in [5, 5.41) is 41.6. The van der Waals surface area contributed by atoms with E-state index in [2.05, 4.69) is 26.6 Å². The number of nitrogens with two attached hydrogens (primary N) is 3. The lowest BCUT2D eigenvalue weighted by atomic mass is 10.0. The molecule has 1 aromatic carbocycles. The second kappa shape index (κ2) is 23.8. The van der Waals surface area contributed by atoms with Gasteiger partial charge in [0.1, 0.15) is 42.3 Å². The highest BCUT2D eigenvalue weighted by atomic mass is 16.4. The minimum atomic E-state index is -1.62. The average Bonchev–Trinajstić information content (AvgIpc) is 3.65. The Morgan fingerprint density at radius 1 is 0.825 bits per heavy atom. The highest BCUT2D eigenvalue weighted by Gasteiger charge is 2.41. The molecule has 1 aliphatic rings. The second-order valence-corrected chi connectivity index (χ2v) is 14.6. The monoisotopic (exact) mass is 805 g/mol. The topological polar surface area (TPSA) is 339 Å². The Labute approximate surface area is 331 Å². The van der Waals surface area contributed by atoms with Gasteiger partial charge in [0.2, 0.25) is 41.4 Å². The molecule has 2 rings (SSSR count). The van der Waals surface area contributed by atoms with Crippen LogP contribution in [0.2, 0.25) is 0 Å². The summed E-state index contributed by atoms with van der Waals surface area (Å²) in [6.07, 6.45) is -0.679. The van der Waals surface area contributed by atoms with Crippen LogP contribution < -0.4 is 43.8 Å². The third-order valence-electron chi connectivity index (χ3n) is 9.27. The summed E-state index contributed by atoms with van der Waals surface area (Å²) in [5.41, 5.74) is 17.2. The van der Waals surface area contributed by atoms with Gasteiger partial charge in [-0.05, 0) is 63.5 Å². The van der Waals surface area contributed by atoms with Gasteiger partial charge in [-0.2, -0.15) is 0 Å². The first-order valence-electron chi connectivity index (χ1n) is 19.0. The number of nitrogens with one attached hydrogen (secondary N) is 5. The molecule has 57 heavy (non-hydrogen) atoms. The first-order valence-corrected chi connectivity index (χ1v) is 19.0. The van der Waals surface area contributed by atoms with E-state index < -0.39 is 109 Å². The number of unbranched alkanes of at least 4 members (excludes halogenated alkanes) is 1. The van der Waals surface area contributed by atoms with Gasteiger partial charge in [0.05, 0.1) is 19.1 Å². The molecule has 0 bridgehead atoms. The van der Waals surface area contributed by atoms with E-state index >= 15 is 0 Å². The predicted molar refractivity (Wildman–Crippen MR) is 205 cm³/mol. The molecule has 0 radical (unpaired) electrons. The van der Waals surface area contributed by atoms with Crippen molar-refractivity contribution in [2.24, 2.45) is 23.1 Å². The Morgan fingerprint density at radius 3 is 1.98 bits per heavy atom. The van der Waals surface area contributed by atoms with Crippen molar-refractivity contribution in [1.82, 2.24) is 31.5 Å². The van der Waals surface area contributed by atoms with Gasteiger partial charge in [-0.25, -0.2) is 4.79 Å². The molecule has 0 aromatic heterocycles. The van der Waals surface area contributed by atoms with Gasteiger partial charge in [0.25, 0.3) is 0 Å². The van der Waals surface area contributed by atoms with Crippen LogP contribution in [0.15, 0.2) is 30.3 Å². The number of benzene rings is 1. The van der Waals surface area contributed by atoms with Crippen molar-refractivity contribution in [2.75, 3.05) is 19.7 Å². The average molecular weight is 806 g/mol. The fourth-order valence-electron chi connectivity index (χ4n) is 6.24. The number of likely N-dealkylation sites (tertiary alicyclic amines) is 1. The molecule has 0 spiro atoms. The highest BCUT2D eigenvalue weighted by molar-refractivity contribution is 5.98. The third kappa shape index (κ3) is 15.7. The number of primary amides is 1. The van der Waals surface area contributed by atoms with E-state index in [4.69, 9.17) is 17.2 Å². The van der Waals surface area contributed by atoms with Crippen molar-refractivity contribution < 1.29 is 53.7 Å². The number of aliphatic hydroxyl groups excluding tert-OH is 2. The number of hydrogen-bond acceptors (Lipinski definition) is 12. The molecule has 1 heterocycles. The number of carbonyl (C=O) groups excluding carboxylic acids is 7. The van der Waals surface area contributed by atoms with Crippen LogP contribution >= 0.6 is 0 Å². The van der Waals surface area contributed by atoms with Gasteiger partial charge in [-0.1, -0.05) is 44.2 Å². The lowest BCUT2D eigenvalue weighted by molar-refractivity contribution is -0.144. The maximum atomic E-state index is 14.3. The molecule has 7 amide bonds. The Kier molecular flexibility index (Phi) is 20.0. The summed E-state index contributed by atoms with van der Waals surface area (Å²) in [6, 6.07) is -0.998. The van der Waals surface area contributed by atoms with Gasteiger partial charge in [-0.15, -0.1) is 0 Å². The highest BCUT2D eigenvalue weighted by Crippen LogP contribution is 2.21. The zero-order chi connectivity index (χ0) is 42.8. The zero-order valence-corrected chi connectivity index (χ0v) is 32.6. The number of carboxylic acid groups (broad SMARTS) is 1. The Bertz CT molecular complexity index is 1550. The summed E-state index contributed by atoms with van der Waals surface area (Å²) in [7, 11) is 0. The minimum Gasteiger partial charge on any atom is -0.480 e. The maximum absolute atomic E-state index is 14.3. The van der Waals surface area contributed by atoms with E-state index in [0.29, 0.717) is 31.4 Å². The summed E-state index contributed by atoms with van der Waals surface area (Å²) in [5.74, 6) is -7.49. The number of nitrogens with zero attached hydrogens (tertiary/aromatic N) is 1. The smallest absolute Gasteiger partial charge is 0.326 e. The first-order chi connectivity index (χ1) is 26.9. The number of amides is 7. The lowest BCUT2D eigenvalue weighted by Crippen LogP contribution is -2.61. The molecule has 20 heteroatoms. The van der Waals surface area contributed by atoms with Crippen molar-refractivity contribution in [3.63, 3.8) is 0 Å². The van der Waals surface area contributed by atoms with E-state index in [1.165, 1.54) is 11.8 Å². The molecule has 14 N–H and O–H groups in total. The molecule has 1 saturated heterocycles. The molecule has 8 atom stereocenters. The van der Waals surface area contributed by atoms with Crippen LogP contribution in [0.25, 0.3) is 0 Å².